The van der Waals surface area contributed by atoms with Gasteiger partial charge in [-0.2, -0.15) is 5.10 Å². The second-order valence-corrected chi connectivity index (χ2v) is 8.17. The molecule has 0 aliphatic heterocycles. The van der Waals surface area contributed by atoms with Crippen molar-refractivity contribution >= 4 is 34.9 Å². The lowest BCUT2D eigenvalue weighted by molar-refractivity contribution is 0.102. The summed E-state index contributed by atoms with van der Waals surface area (Å²) in [6, 6.07) is 24.0. The predicted molar refractivity (Wildman–Crippen MR) is 128 cm³/mol. The fraction of sp³-hybridized carbons (Fsp3) is 0.120. The van der Waals surface area contributed by atoms with Crippen LogP contribution in [-0.4, -0.2) is 15.7 Å². The Kier molecular flexibility index (Phi) is 6.78. The van der Waals surface area contributed by atoms with E-state index in [0.717, 1.165) is 16.8 Å². The van der Waals surface area contributed by atoms with E-state index in [1.54, 1.807) is 18.2 Å². The molecule has 1 amide bonds. The highest BCUT2D eigenvalue weighted by atomic mass is 35.5. The summed E-state index contributed by atoms with van der Waals surface area (Å²) in [5.41, 5.74) is 3.40. The highest BCUT2D eigenvalue weighted by Gasteiger charge is 2.11. The third-order valence-corrected chi connectivity index (χ3v) is 5.45. The van der Waals surface area contributed by atoms with Crippen molar-refractivity contribution in [2.45, 2.75) is 20.1 Å². The summed E-state index contributed by atoms with van der Waals surface area (Å²) in [6.07, 6.45) is 0. The molecule has 0 saturated heterocycles. The molecule has 0 bridgehead atoms. The number of hydrogen-bond donors (Lipinski definition) is 1. The molecule has 0 saturated carbocycles. The average Bonchev–Trinajstić information content (AvgIpc) is 3.13. The Morgan fingerprint density at radius 2 is 1.75 bits per heavy atom. The molecule has 3 aromatic carbocycles. The molecule has 0 atom stereocenters. The summed E-state index contributed by atoms with van der Waals surface area (Å²) in [7, 11) is 0. The summed E-state index contributed by atoms with van der Waals surface area (Å²) in [5, 5.41) is 8.62. The van der Waals surface area contributed by atoms with E-state index in [2.05, 4.69) is 10.4 Å². The molecule has 7 heteroatoms. The van der Waals surface area contributed by atoms with Crippen LogP contribution in [0, 0.1) is 6.92 Å². The summed E-state index contributed by atoms with van der Waals surface area (Å²) in [4.78, 5) is 12.8. The van der Waals surface area contributed by atoms with Crippen molar-refractivity contribution in [3.63, 3.8) is 0 Å². The van der Waals surface area contributed by atoms with E-state index in [4.69, 9.17) is 27.9 Å². The lowest BCUT2D eigenvalue weighted by Crippen LogP contribution is -2.13. The Balaban J connectivity index is 1.41. The van der Waals surface area contributed by atoms with Gasteiger partial charge in [0.25, 0.3) is 5.91 Å². The Morgan fingerprint density at radius 3 is 2.53 bits per heavy atom. The minimum atomic E-state index is -0.235. The maximum atomic E-state index is 12.8. The van der Waals surface area contributed by atoms with Crippen molar-refractivity contribution < 1.29 is 9.53 Å². The highest BCUT2D eigenvalue weighted by Crippen LogP contribution is 2.24. The number of carbonyl (C=O) groups excluding carboxylic acids is 1. The first-order valence-electron chi connectivity index (χ1n) is 10.0. The first kappa shape index (κ1) is 21.9. The first-order valence-corrected chi connectivity index (χ1v) is 10.8. The van der Waals surface area contributed by atoms with Gasteiger partial charge in [0.2, 0.25) is 0 Å². The number of amides is 1. The number of rotatable bonds is 7. The lowest BCUT2D eigenvalue weighted by atomic mass is 10.1. The quantitative estimate of drug-likeness (QED) is 0.344. The van der Waals surface area contributed by atoms with Crippen LogP contribution < -0.4 is 10.1 Å². The standard InChI is InChI=1S/C25H21Cl2N3O2/c1-17-13-24(29-30(17)15-18-9-11-21(26)12-10-18)28-25(31)20-6-4-5-19(14-20)16-32-23-8-3-2-7-22(23)27/h2-14H,15-16H2,1H3,(H,28,29,31). The third kappa shape index (κ3) is 5.49. The molecule has 0 aliphatic rings. The molecule has 1 heterocycles. The van der Waals surface area contributed by atoms with Gasteiger partial charge in [-0.05, 0) is 54.4 Å². The van der Waals surface area contributed by atoms with Gasteiger partial charge in [-0.3, -0.25) is 9.48 Å². The zero-order chi connectivity index (χ0) is 22.5. The Bertz CT molecular complexity index is 1240. The molecule has 1 aromatic heterocycles. The number of para-hydroxylation sites is 1. The molecule has 4 aromatic rings. The molecular formula is C25H21Cl2N3O2. The molecule has 1 N–H and O–H groups in total. The fourth-order valence-corrected chi connectivity index (χ4v) is 3.52. The van der Waals surface area contributed by atoms with E-state index in [1.807, 2.05) is 72.3 Å². The summed E-state index contributed by atoms with van der Waals surface area (Å²) in [6.45, 7) is 2.85. The second kappa shape index (κ2) is 9.90. The van der Waals surface area contributed by atoms with Gasteiger partial charge in [0.1, 0.15) is 12.4 Å². The van der Waals surface area contributed by atoms with Crippen molar-refractivity contribution in [3.05, 3.63) is 111 Å². The van der Waals surface area contributed by atoms with Crippen molar-refractivity contribution in [3.8, 4) is 5.75 Å². The predicted octanol–water partition coefficient (Wildman–Crippen LogP) is 6.38. The highest BCUT2D eigenvalue weighted by molar-refractivity contribution is 6.32. The lowest BCUT2D eigenvalue weighted by Gasteiger charge is -2.09. The van der Waals surface area contributed by atoms with Crippen LogP contribution in [0.25, 0.3) is 0 Å². The van der Waals surface area contributed by atoms with Gasteiger partial charge < -0.3 is 10.1 Å². The van der Waals surface area contributed by atoms with Crippen LogP contribution in [0.2, 0.25) is 10.0 Å². The van der Waals surface area contributed by atoms with Crippen LogP contribution >= 0.6 is 23.2 Å². The Hall–Kier alpha value is -3.28. The molecular weight excluding hydrogens is 445 g/mol. The topological polar surface area (TPSA) is 56.1 Å². The van der Waals surface area contributed by atoms with Crippen molar-refractivity contribution in [2.24, 2.45) is 0 Å². The van der Waals surface area contributed by atoms with Gasteiger partial charge in [-0.25, -0.2) is 0 Å². The number of anilines is 1. The number of halogens is 2. The van der Waals surface area contributed by atoms with Crippen LogP contribution in [0.3, 0.4) is 0 Å². The first-order chi connectivity index (χ1) is 15.5. The van der Waals surface area contributed by atoms with Crippen LogP contribution in [0.4, 0.5) is 5.82 Å². The molecule has 0 unspecified atom stereocenters. The molecule has 0 spiro atoms. The van der Waals surface area contributed by atoms with Gasteiger partial charge >= 0.3 is 0 Å². The van der Waals surface area contributed by atoms with E-state index < -0.39 is 0 Å². The SMILES string of the molecule is Cc1cc(NC(=O)c2cccc(COc3ccccc3Cl)c2)nn1Cc1ccc(Cl)cc1. The molecule has 0 radical (unpaired) electrons. The van der Waals surface area contributed by atoms with Gasteiger partial charge in [-0.1, -0.05) is 59.6 Å². The van der Waals surface area contributed by atoms with Gasteiger partial charge in [-0.15, -0.1) is 0 Å². The number of aryl methyl sites for hydroxylation is 1. The number of nitrogens with one attached hydrogen (secondary N) is 1. The number of benzene rings is 3. The monoisotopic (exact) mass is 465 g/mol. The van der Waals surface area contributed by atoms with Gasteiger partial charge in [0, 0.05) is 22.3 Å². The maximum Gasteiger partial charge on any atom is 0.256 e. The van der Waals surface area contributed by atoms with E-state index >= 15 is 0 Å². The largest absolute Gasteiger partial charge is 0.487 e. The van der Waals surface area contributed by atoms with Crippen LogP contribution in [0.5, 0.6) is 5.75 Å². The number of aromatic nitrogens is 2. The smallest absolute Gasteiger partial charge is 0.256 e. The van der Waals surface area contributed by atoms with E-state index in [-0.39, 0.29) is 5.91 Å². The van der Waals surface area contributed by atoms with Crippen molar-refractivity contribution in [1.29, 1.82) is 0 Å². The van der Waals surface area contributed by atoms with Crippen molar-refractivity contribution in [1.82, 2.24) is 9.78 Å². The maximum absolute atomic E-state index is 12.8. The summed E-state index contributed by atoms with van der Waals surface area (Å²) < 4.78 is 7.61. The Morgan fingerprint density at radius 1 is 0.969 bits per heavy atom. The third-order valence-electron chi connectivity index (χ3n) is 4.89. The van der Waals surface area contributed by atoms with E-state index in [1.165, 1.54) is 0 Å². The van der Waals surface area contributed by atoms with Crippen LogP contribution in [0.1, 0.15) is 27.2 Å². The van der Waals surface area contributed by atoms with E-state index in [0.29, 0.717) is 40.3 Å². The molecule has 162 valence electrons. The second-order valence-electron chi connectivity index (χ2n) is 7.33. The zero-order valence-electron chi connectivity index (χ0n) is 17.4. The van der Waals surface area contributed by atoms with Crippen LogP contribution in [0.15, 0.2) is 78.9 Å². The molecule has 4 rings (SSSR count). The number of ether oxygens (including phenoxy) is 1. The molecule has 5 nitrogen and oxygen atoms in total. The fourth-order valence-electron chi connectivity index (χ4n) is 3.21. The van der Waals surface area contributed by atoms with Crippen molar-refractivity contribution in [2.75, 3.05) is 5.32 Å². The zero-order valence-corrected chi connectivity index (χ0v) is 18.9. The van der Waals surface area contributed by atoms with E-state index in [9.17, 15) is 4.79 Å². The van der Waals surface area contributed by atoms with Crippen LogP contribution in [-0.2, 0) is 13.2 Å². The Labute approximate surface area is 196 Å². The molecule has 0 fully saturated rings. The average molecular weight is 466 g/mol. The molecule has 32 heavy (non-hydrogen) atoms. The number of nitrogens with zero attached hydrogens (tertiary/aromatic N) is 2. The van der Waals surface area contributed by atoms with Gasteiger partial charge in [0.05, 0.1) is 11.6 Å². The summed E-state index contributed by atoms with van der Waals surface area (Å²) in [5.74, 6) is 0.866. The number of hydrogen-bond acceptors (Lipinski definition) is 3. The minimum Gasteiger partial charge on any atom is -0.487 e. The normalized spacial score (nSPS) is 10.7. The van der Waals surface area contributed by atoms with Gasteiger partial charge in [0.15, 0.2) is 5.82 Å². The number of carbonyl (C=O) groups is 1. The summed E-state index contributed by atoms with van der Waals surface area (Å²) >= 11 is 12.1. The minimum absolute atomic E-state index is 0.235. The molecule has 0 aliphatic carbocycles.